The van der Waals surface area contributed by atoms with Gasteiger partial charge in [-0.25, -0.2) is 0 Å². The Labute approximate surface area is 143 Å². The maximum absolute atomic E-state index is 12.8. The van der Waals surface area contributed by atoms with Crippen LogP contribution in [0.25, 0.3) is 0 Å². The minimum absolute atomic E-state index is 0.0295. The van der Waals surface area contributed by atoms with Crippen molar-refractivity contribution >= 4 is 34.1 Å². The second-order valence-electron chi connectivity index (χ2n) is 6.65. The maximum atomic E-state index is 12.8. The monoisotopic (exact) mass is 348 g/mol. The van der Waals surface area contributed by atoms with E-state index in [1.165, 1.54) is 11.3 Å². The third-order valence-electron chi connectivity index (χ3n) is 5.17. The number of primary amides is 1. The Bertz CT molecular complexity index is 748. The third kappa shape index (κ3) is 2.53. The fourth-order valence-electron chi connectivity index (χ4n) is 4.40. The molecule has 2 bridgehead atoms. The number of fused-ring (bicyclic) bond motifs is 2. The first-order valence-electron chi connectivity index (χ1n) is 7.91. The van der Waals surface area contributed by atoms with Crippen LogP contribution in [0.5, 0.6) is 0 Å². The van der Waals surface area contributed by atoms with Gasteiger partial charge in [0.1, 0.15) is 5.00 Å². The number of carbonyl (C=O) groups is 3. The highest BCUT2D eigenvalue weighted by Crippen LogP contribution is 2.57. The number of carboxylic acid groups (broad SMARTS) is 1. The van der Waals surface area contributed by atoms with Crippen molar-refractivity contribution in [1.29, 1.82) is 0 Å². The topological polar surface area (TPSA) is 109 Å². The van der Waals surface area contributed by atoms with E-state index in [2.05, 4.69) is 5.32 Å². The van der Waals surface area contributed by atoms with Crippen LogP contribution in [0.3, 0.4) is 0 Å². The normalized spacial score (nSPS) is 28.0. The van der Waals surface area contributed by atoms with Crippen molar-refractivity contribution in [2.45, 2.75) is 26.7 Å². The van der Waals surface area contributed by atoms with E-state index in [4.69, 9.17) is 5.73 Å². The molecule has 3 rings (SSSR count). The Balaban J connectivity index is 1.91. The van der Waals surface area contributed by atoms with E-state index in [0.717, 1.165) is 24.0 Å². The summed E-state index contributed by atoms with van der Waals surface area (Å²) in [6.07, 6.45) is 1.65. The van der Waals surface area contributed by atoms with Crippen molar-refractivity contribution in [2.24, 2.45) is 29.4 Å². The van der Waals surface area contributed by atoms with Gasteiger partial charge in [-0.3, -0.25) is 14.4 Å². The van der Waals surface area contributed by atoms with Gasteiger partial charge in [0, 0.05) is 0 Å². The number of thiophene rings is 1. The summed E-state index contributed by atoms with van der Waals surface area (Å²) in [5.74, 6) is -3.27. The van der Waals surface area contributed by atoms with Crippen LogP contribution >= 0.6 is 11.3 Å². The summed E-state index contributed by atoms with van der Waals surface area (Å²) >= 11 is 1.21. The smallest absolute Gasteiger partial charge is 0.307 e. The van der Waals surface area contributed by atoms with Crippen molar-refractivity contribution in [3.63, 3.8) is 0 Å². The predicted octanol–water partition coefficient (Wildman–Crippen LogP) is 2.48. The van der Waals surface area contributed by atoms with Gasteiger partial charge in [-0.2, -0.15) is 0 Å². The van der Waals surface area contributed by atoms with Gasteiger partial charge in [0.15, 0.2) is 0 Å². The molecule has 0 aromatic carbocycles. The number of amides is 2. The van der Waals surface area contributed by atoms with Crippen molar-refractivity contribution in [1.82, 2.24) is 0 Å². The first kappa shape index (κ1) is 16.7. The number of nitrogens with one attached hydrogen (secondary N) is 1. The summed E-state index contributed by atoms with van der Waals surface area (Å²) in [5, 5.41) is 14.4. The first-order chi connectivity index (χ1) is 11.3. The number of hydrogen-bond acceptors (Lipinski definition) is 4. The molecule has 4 N–H and O–H groups in total. The summed E-state index contributed by atoms with van der Waals surface area (Å²) in [4.78, 5) is 36.0. The van der Waals surface area contributed by atoms with Gasteiger partial charge in [-0.1, -0.05) is 11.1 Å². The molecule has 4 atom stereocenters. The number of rotatable bonds is 4. The molecule has 1 aromatic rings. The van der Waals surface area contributed by atoms with Gasteiger partial charge in [-0.15, -0.1) is 11.3 Å². The number of aliphatic carboxylic acids is 1. The largest absolute Gasteiger partial charge is 0.481 e. The summed E-state index contributed by atoms with van der Waals surface area (Å²) in [6.45, 7) is 3.95. The van der Waals surface area contributed by atoms with Crippen LogP contribution in [-0.2, 0) is 9.59 Å². The van der Waals surface area contributed by atoms with Gasteiger partial charge in [-0.05, 0) is 50.0 Å². The van der Waals surface area contributed by atoms with Gasteiger partial charge >= 0.3 is 5.97 Å². The number of allylic oxidation sites excluding steroid dienone is 2. The highest BCUT2D eigenvalue weighted by Gasteiger charge is 2.57. The van der Waals surface area contributed by atoms with Crippen LogP contribution < -0.4 is 11.1 Å². The molecule has 24 heavy (non-hydrogen) atoms. The van der Waals surface area contributed by atoms with E-state index in [-0.39, 0.29) is 23.3 Å². The number of carbonyl (C=O) groups excluding carboxylic acids is 2. The van der Waals surface area contributed by atoms with Crippen LogP contribution in [0.1, 0.15) is 37.0 Å². The quantitative estimate of drug-likeness (QED) is 0.726. The molecule has 0 radical (unpaired) electrons. The van der Waals surface area contributed by atoms with E-state index in [9.17, 15) is 19.5 Å². The Morgan fingerprint density at radius 3 is 2.38 bits per heavy atom. The molecule has 2 aliphatic carbocycles. The number of anilines is 1. The molecule has 2 amide bonds. The van der Waals surface area contributed by atoms with Gasteiger partial charge < -0.3 is 16.2 Å². The molecule has 2 fully saturated rings. The zero-order valence-corrected chi connectivity index (χ0v) is 14.4. The second-order valence-corrected chi connectivity index (χ2v) is 7.57. The van der Waals surface area contributed by atoms with Crippen LogP contribution in [0.15, 0.2) is 22.6 Å². The molecule has 0 unspecified atom stereocenters. The van der Waals surface area contributed by atoms with E-state index < -0.39 is 23.7 Å². The fourth-order valence-corrected chi connectivity index (χ4v) is 5.20. The fraction of sp³-hybridized carbons (Fsp3) is 0.471. The van der Waals surface area contributed by atoms with Crippen molar-refractivity contribution in [3.05, 3.63) is 28.2 Å². The lowest BCUT2D eigenvalue weighted by molar-refractivity contribution is -0.148. The first-order valence-corrected chi connectivity index (χ1v) is 8.79. The summed E-state index contributed by atoms with van der Waals surface area (Å²) in [5.41, 5.74) is 7.79. The second kappa shape index (κ2) is 6.05. The molecular weight excluding hydrogens is 328 g/mol. The molecule has 7 heteroatoms. The zero-order chi connectivity index (χ0) is 17.6. The van der Waals surface area contributed by atoms with Crippen LogP contribution in [-0.4, -0.2) is 22.9 Å². The summed E-state index contributed by atoms with van der Waals surface area (Å²) in [7, 11) is 0. The molecule has 1 heterocycles. The third-order valence-corrected chi connectivity index (χ3v) is 6.00. The number of hydrogen-bond donors (Lipinski definition) is 3. The summed E-state index contributed by atoms with van der Waals surface area (Å²) < 4.78 is 0. The maximum Gasteiger partial charge on any atom is 0.307 e. The number of nitrogens with two attached hydrogens (primary N) is 1. The van der Waals surface area contributed by atoms with E-state index in [1.54, 1.807) is 11.4 Å². The summed E-state index contributed by atoms with van der Waals surface area (Å²) in [6, 6.07) is 1.56. The van der Waals surface area contributed by atoms with Crippen molar-refractivity contribution < 1.29 is 19.5 Å². The van der Waals surface area contributed by atoms with Gasteiger partial charge in [0.05, 0.1) is 17.4 Å². The van der Waals surface area contributed by atoms with Crippen molar-refractivity contribution in [3.8, 4) is 0 Å². The Morgan fingerprint density at radius 1 is 1.21 bits per heavy atom. The molecule has 128 valence electrons. The van der Waals surface area contributed by atoms with E-state index >= 15 is 0 Å². The molecule has 2 saturated carbocycles. The lowest BCUT2D eigenvalue weighted by Crippen LogP contribution is -2.38. The highest BCUT2D eigenvalue weighted by atomic mass is 32.1. The standard InChI is InChI=1S/C17H20N2O4S/c1-7(2)11-8-3-4-9(11)13(17(22)23)12(8)15(21)19-16-10(14(18)20)5-6-24-16/h5-6,8-9,12-13H,3-4H2,1-2H3,(H2,18,20)(H,19,21)(H,22,23)/t8-,9+,12+,13+/m0/s1. The lowest BCUT2D eigenvalue weighted by atomic mass is 9.79. The Hall–Kier alpha value is -2.15. The van der Waals surface area contributed by atoms with Crippen molar-refractivity contribution in [2.75, 3.05) is 5.32 Å². The number of carboxylic acids is 1. The molecular formula is C17H20N2O4S. The van der Waals surface area contributed by atoms with Gasteiger partial charge in [0.2, 0.25) is 5.91 Å². The lowest BCUT2D eigenvalue weighted by Gasteiger charge is -2.26. The van der Waals surface area contributed by atoms with Crippen LogP contribution in [0.4, 0.5) is 5.00 Å². The molecule has 1 aromatic heterocycles. The minimum atomic E-state index is -0.928. The highest BCUT2D eigenvalue weighted by molar-refractivity contribution is 7.14. The van der Waals surface area contributed by atoms with Crippen LogP contribution in [0, 0.1) is 23.7 Å². The Morgan fingerprint density at radius 2 is 1.83 bits per heavy atom. The van der Waals surface area contributed by atoms with E-state index in [1.807, 2.05) is 13.8 Å². The van der Waals surface area contributed by atoms with E-state index in [0.29, 0.717) is 5.00 Å². The minimum Gasteiger partial charge on any atom is -0.481 e. The van der Waals surface area contributed by atoms with Crippen LogP contribution in [0.2, 0.25) is 0 Å². The SMILES string of the molecule is CC(C)=C1[C@H]2CC[C@@H]1[C@@H](C(=O)Nc1sccc1C(N)=O)[C@@H]2C(=O)O. The Kier molecular flexibility index (Phi) is 4.21. The molecule has 0 spiro atoms. The average molecular weight is 348 g/mol. The predicted molar refractivity (Wildman–Crippen MR) is 90.7 cm³/mol. The molecule has 0 aliphatic heterocycles. The molecule has 6 nitrogen and oxygen atoms in total. The zero-order valence-electron chi connectivity index (χ0n) is 13.5. The molecule has 2 aliphatic rings. The molecule has 0 saturated heterocycles. The van der Waals surface area contributed by atoms with Gasteiger partial charge in [0.25, 0.3) is 5.91 Å². The average Bonchev–Trinajstić information content (AvgIpc) is 3.18.